The summed E-state index contributed by atoms with van der Waals surface area (Å²) in [6, 6.07) is 7.30. The number of terminal acetylenes is 1. The maximum Gasteiger partial charge on any atom is 0.261 e. The molecule has 0 spiro atoms. The van der Waals surface area contributed by atoms with E-state index in [1.807, 2.05) is 25.1 Å². The van der Waals surface area contributed by atoms with Crippen LogP contribution in [0.3, 0.4) is 0 Å². The van der Waals surface area contributed by atoms with Gasteiger partial charge in [0.2, 0.25) is 0 Å². The number of ether oxygens (including phenoxy) is 1. The maximum atomic E-state index is 5.58. The lowest BCUT2D eigenvalue weighted by Crippen LogP contribution is -1.89. The van der Waals surface area contributed by atoms with Crippen molar-refractivity contribution in [1.29, 1.82) is 0 Å². The number of hydrogen-bond acceptors (Lipinski definition) is 3. The molecule has 0 atom stereocenters. The van der Waals surface area contributed by atoms with E-state index in [-0.39, 0.29) is 0 Å². The van der Waals surface area contributed by atoms with Gasteiger partial charge >= 0.3 is 0 Å². The van der Waals surface area contributed by atoms with Gasteiger partial charge in [-0.3, -0.25) is 0 Å². The maximum absolute atomic E-state index is 5.58. The van der Waals surface area contributed by atoms with Gasteiger partial charge in [-0.05, 0) is 24.6 Å². The van der Waals surface area contributed by atoms with Crippen LogP contribution in [0.1, 0.15) is 18.2 Å². The molecule has 0 saturated carbocycles. The van der Waals surface area contributed by atoms with Crippen LogP contribution in [-0.4, -0.2) is 15.4 Å². The molecule has 4 heteroatoms. The standard InChI is InChI=1S/C12H11N3O/c1-3-9-6-5-7-10(8-9)16-12-11(4-2)13-15-14-12/h1,5-8H,4H2,2H3,(H,13,14,15). The minimum Gasteiger partial charge on any atom is -0.436 e. The molecule has 2 aromatic rings. The van der Waals surface area contributed by atoms with E-state index in [0.29, 0.717) is 11.6 Å². The van der Waals surface area contributed by atoms with Crippen molar-refractivity contribution in [3.05, 3.63) is 35.5 Å². The van der Waals surface area contributed by atoms with Crippen LogP contribution in [-0.2, 0) is 6.42 Å². The molecule has 0 saturated heterocycles. The van der Waals surface area contributed by atoms with E-state index in [4.69, 9.17) is 11.2 Å². The fraction of sp³-hybridized carbons (Fsp3) is 0.167. The molecule has 0 aliphatic rings. The van der Waals surface area contributed by atoms with Crippen molar-refractivity contribution in [1.82, 2.24) is 15.4 Å². The number of aryl methyl sites for hydroxylation is 1. The number of hydrogen-bond donors (Lipinski definition) is 1. The molecule has 0 amide bonds. The normalized spacial score (nSPS) is 9.75. The highest BCUT2D eigenvalue weighted by atomic mass is 16.5. The number of nitrogens with one attached hydrogen (secondary N) is 1. The highest BCUT2D eigenvalue weighted by molar-refractivity contribution is 5.39. The third-order valence-corrected chi connectivity index (χ3v) is 2.13. The van der Waals surface area contributed by atoms with E-state index in [1.54, 1.807) is 6.07 Å². The molecule has 0 bridgehead atoms. The van der Waals surface area contributed by atoms with Crippen LogP contribution in [0.4, 0.5) is 0 Å². The lowest BCUT2D eigenvalue weighted by atomic mass is 10.2. The molecule has 0 radical (unpaired) electrons. The van der Waals surface area contributed by atoms with Crippen molar-refractivity contribution in [2.45, 2.75) is 13.3 Å². The van der Waals surface area contributed by atoms with E-state index in [2.05, 4.69) is 21.3 Å². The van der Waals surface area contributed by atoms with Crippen molar-refractivity contribution in [2.24, 2.45) is 0 Å². The van der Waals surface area contributed by atoms with Crippen molar-refractivity contribution in [2.75, 3.05) is 0 Å². The van der Waals surface area contributed by atoms with Gasteiger partial charge in [-0.25, -0.2) is 0 Å². The number of H-pyrrole nitrogens is 1. The molecule has 1 aromatic carbocycles. The molecule has 16 heavy (non-hydrogen) atoms. The molecule has 4 nitrogen and oxygen atoms in total. The first-order valence-corrected chi connectivity index (χ1v) is 4.97. The summed E-state index contributed by atoms with van der Waals surface area (Å²) in [6.45, 7) is 1.99. The van der Waals surface area contributed by atoms with Crippen LogP contribution in [0.2, 0.25) is 0 Å². The summed E-state index contributed by atoms with van der Waals surface area (Å²) < 4.78 is 5.58. The van der Waals surface area contributed by atoms with Gasteiger partial charge in [0.1, 0.15) is 11.4 Å². The molecule has 80 valence electrons. The summed E-state index contributed by atoms with van der Waals surface area (Å²) in [5.74, 6) is 3.71. The van der Waals surface area contributed by atoms with Crippen molar-refractivity contribution in [3.63, 3.8) is 0 Å². The molecular formula is C12H11N3O. The van der Waals surface area contributed by atoms with Gasteiger partial charge < -0.3 is 4.74 Å². The number of aromatic nitrogens is 3. The number of aromatic amines is 1. The fourth-order valence-corrected chi connectivity index (χ4v) is 1.32. The lowest BCUT2D eigenvalue weighted by molar-refractivity contribution is 0.456. The zero-order valence-corrected chi connectivity index (χ0v) is 8.90. The van der Waals surface area contributed by atoms with Crippen LogP contribution < -0.4 is 4.74 Å². The van der Waals surface area contributed by atoms with Crippen LogP contribution in [0.15, 0.2) is 24.3 Å². The second-order valence-corrected chi connectivity index (χ2v) is 3.20. The van der Waals surface area contributed by atoms with E-state index < -0.39 is 0 Å². The quantitative estimate of drug-likeness (QED) is 0.795. The van der Waals surface area contributed by atoms with Gasteiger partial charge in [0.05, 0.1) is 0 Å². The van der Waals surface area contributed by atoms with E-state index in [0.717, 1.165) is 17.7 Å². The van der Waals surface area contributed by atoms with E-state index in [1.165, 1.54) is 0 Å². The average molecular weight is 213 g/mol. The average Bonchev–Trinajstić information content (AvgIpc) is 2.76. The van der Waals surface area contributed by atoms with Gasteiger partial charge in [0.25, 0.3) is 5.88 Å². The lowest BCUT2D eigenvalue weighted by Gasteiger charge is -2.03. The Bertz CT molecular complexity index is 525. The Hall–Kier alpha value is -2.28. The van der Waals surface area contributed by atoms with Gasteiger partial charge in [0, 0.05) is 5.56 Å². The highest BCUT2D eigenvalue weighted by Gasteiger charge is 2.07. The summed E-state index contributed by atoms with van der Waals surface area (Å²) in [4.78, 5) is 0. The zero-order chi connectivity index (χ0) is 11.4. The molecule has 0 aliphatic heterocycles. The molecule has 1 aromatic heterocycles. The molecule has 0 fully saturated rings. The molecule has 1 N–H and O–H groups in total. The third-order valence-electron chi connectivity index (χ3n) is 2.13. The van der Waals surface area contributed by atoms with Crippen molar-refractivity contribution in [3.8, 4) is 24.0 Å². The minimum absolute atomic E-state index is 0.497. The van der Waals surface area contributed by atoms with Crippen LogP contribution in [0, 0.1) is 12.3 Å². The summed E-state index contributed by atoms with van der Waals surface area (Å²) >= 11 is 0. The summed E-state index contributed by atoms with van der Waals surface area (Å²) in [7, 11) is 0. The predicted octanol–water partition coefficient (Wildman–Crippen LogP) is 2.14. The molecular weight excluding hydrogens is 202 g/mol. The first-order chi connectivity index (χ1) is 7.83. The summed E-state index contributed by atoms with van der Waals surface area (Å²) in [5.41, 5.74) is 1.57. The Morgan fingerprint density at radius 3 is 3.06 bits per heavy atom. The Kier molecular flexibility index (Phi) is 2.88. The predicted molar refractivity (Wildman–Crippen MR) is 60.2 cm³/mol. The van der Waals surface area contributed by atoms with Gasteiger partial charge in [-0.15, -0.1) is 11.5 Å². The van der Waals surface area contributed by atoms with E-state index >= 15 is 0 Å². The number of benzene rings is 1. The topological polar surface area (TPSA) is 50.8 Å². The van der Waals surface area contributed by atoms with Crippen molar-refractivity contribution >= 4 is 0 Å². The zero-order valence-electron chi connectivity index (χ0n) is 8.90. The molecule has 1 heterocycles. The first kappa shape index (κ1) is 10.2. The van der Waals surface area contributed by atoms with Crippen LogP contribution in [0.5, 0.6) is 11.6 Å². The summed E-state index contributed by atoms with van der Waals surface area (Å²) in [6.07, 6.45) is 6.07. The Morgan fingerprint density at radius 2 is 2.31 bits per heavy atom. The van der Waals surface area contributed by atoms with E-state index in [9.17, 15) is 0 Å². The fourth-order valence-electron chi connectivity index (χ4n) is 1.32. The Balaban J connectivity index is 2.24. The Morgan fingerprint density at radius 1 is 1.44 bits per heavy atom. The smallest absolute Gasteiger partial charge is 0.261 e. The minimum atomic E-state index is 0.497. The molecule has 2 rings (SSSR count). The Labute approximate surface area is 93.6 Å². The summed E-state index contributed by atoms with van der Waals surface area (Å²) in [5, 5.41) is 10.4. The number of nitrogens with zero attached hydrogens (tertiary/aromatic N) is 2. The molecule has 0 aliphatic carbocycles. The first-order valence-electron chi connectivity index (χ1n) is 4.97. The molecule has 0 unspecified atom stereocenters. The van der Waals surface area contributed by atoms with Gasteiger partial charge in [0.15, 0.2) is 0 Å². The van der Waals surface area contributed by atoms with Crippen LogP contribution >= 0.6 is 0 Å². The second kappa shape index (κ2) is 4.49. The largest absolute Gasteiger partial charge is 0.436 e. The SMILES string of the molecule is C#Cc1cccc(Oc2n[nH]nc2CC)c1. The second-order valence-electron chi connectivity index (χ2n) is 3.20. The monoisotopic (exact) mass is 213 g/mol. The van der Waals surface area contributed by atoms with Gasteiger partial charge in [-0.2, -0.15) is 10.3 Å². The number of rotatable bonds is 3. The van der Waals surface area contributed by atoms with Crippen LogP contribution in [0.25, 0.3) is 0 Å². The third kappa shape index (κ3) is 2.04. The van der Waals surface area contributed by atoms with Gasteiger partial charge in [-0.1, -0.05) is 18.9 Å². The van der Waals surface area contributed by atoms with Crippen molar-refractivity contribution < 1.29 is 4.74 Å². The highest BCUT2D eigenvalue weighted by Crippen LogP contribution is 2.22.